The van der Waals surface area contributed by atoms with Gasteiger partial charge in [-0.3, -0.25) is 4.79 Å². The van der Waals surface area contributed by atoms with Gasteiger partial charge >= 0.3 is 5.97 Å². The molecule has 5 heteroatoms. The zero-order valence-corrected chi connectivity index (χ0v) is 11.5. The van der Waals surface area contributed by atoms with Crippen LogP contribution < -0.4 is 5.32 Å². The van der Waals surface area contributed by atoms with E-state index in [9.17, 15) is 4.79 Å². The summed E-state index contributed by atoms with van der Waals surface area (Å²) in [6.07, 6.45) is 2.15. The highest BCUT2D eigenvalue weighted by atomic mass is 79.9. The van der Waals surface area contributed by atoms with Crippen LogP contribution in [0.15, 0.2) is 0 Å². The third kappa shape index (κ3) is 4.39. The molecule has 4 nitrogen and oxygen atoms in total. The van der Waals surface area contributed by atoms with Crippen LogP contribution in [-0.2, 0) is 14.3 Å². The van der Waals surface area contributed by atoms with E-state index in [0.29, 0.717) is 12.0 Å². The van der Waals surface area contributed by atoms with Crippen molar-refractivity contribution in [2.24, 2.45) is 5.41 Å². The Morgan fingerprint density at radius 2 is 2.19 bits per heavy atom. The van der Waals surface area contributed by atoms with Crippen molar-refractivity contribution in [2.75, 3.05) is 33.4 Å². The Morgan fingerprint density at radius 1 is 1.56 bits per heavy atom. The molecule has 0 bridgehead atoms. The molecule has 1 atom stereocenters. The third-order valence-electron chi connectivity index (χ3n) is 3.03. The van der Waals surface area contributed by atoms with Gasteiger partial charge in [-0.15, -0.1) is 0 Å². The van der Waals surface area contributed by atoms with Gasteiger partial charge in [0.15, 0.2) is 0 Å². The number of carbonyl (C=O) groups excluding carboxylic acids is 1. The third-order valence-corrected chi connectivity index (χ3v) is 3.73. The summed E-state index contributed by atoms with van der Waals surface area (Å²) >= 11 is 3.28. The molecule has 0 aromatic heterocycles. The van der Waals surface area contributed by atoms with Crippen molar-refractivity contribution in [2.45, 2.75) is 24.6 Å². The summed E-state index contributed by atoms with van der Waals surface area (Å²) in [5.41, 5.74) is 0.293. The number of hydrogen-bond acceptors (Lipinski definition) is 4. The summed E-state index contributed by atoms with van der Waals surface area (Å²) in [7, 11) is 1.40. The molecule has 1 aliphatic rings. The van der Waals surface area contributed by atoms with E-state index in [4.69, 9.17) is 4.74 Å². The predicted octanol–water partition coefficient (Wildman–Crippen LogP) is 1.33. The van der Waals surface area contributed by atoms with Crippen LogP contribution in [0.3, 0.4) is 0 Å². The molecule has 0 aromatic carbocycles. The number of methoxy groups -OCH3 is 1. The van der Waals surface area contributed by atoms with Gasteiger partial charge in [0.1, 0.15) is 4.83 Å². The number of hydrogen-bond donors (Lipinski definition) is 1. The maximum absolute atomic E-state index is 11.1. The second-order valence-corrected chi connectivity index (χ2v) is 5.65. The van der Waals surface area contributed by atoms with Gasteiger partial charge in [0, 0.05) is 26.3 Å². The Bertz CT molecular complexity index is 229. The van der Waals surface area contributed by atoms with Gasteiger partial charge in [0.2, 0.25) is 0 Å². The minimum Gasteiger partial charge on any atom is -0.468 e. The van der Waals surface area contributed by atoms with Gasteiger partial charge in [-0.25, -0.2) is 0 Å². The Kier molecular flexibility index (Phi) is 5.72. The van der Waals surface area contributed by atoms with Crippen LogP contribution in [0.4, 0.5) is 0 Å². The fourth-order valence-electron chi connectivity index (χ4n) is 1.75. The summed E-state index contributed by atoms with van der Waals surface area (Å²) in [4.78, 5) is 10.9. The topological polar surface area (TPSA) is 47.6 Å². The molecule has 0 radical (unpaired) electrons. The van der Waals surface area contributed by atoms with Crippen molar-refractivity contribution in [1.82, 2.24) is 5.32 Å². The summed E-state index contributed by atoms with van der Waals surface area (Å²) in [5.74, 6) is -0.232. The smallest absolute Gasteiger partial charge is 0.320 e. The quantitative estimate of drug-likeness (QED) is 0.614. The first-order chi connectivity index (χ1) is 7.57. The summed E-state index contributed by atoms with van der Waals surface area (Å²) in [6, 6.07) is 0. The van der Waals surface area contributed by atoms with E-state index >= 15 is 0 Å². The Hall–Kier alpha value is -0.130. The van der Waals surface area contributed by atoms with Crippen LogP contribution in [0.5, 0.6) is 0 Å². The molecule has 0 saturated carbocycles. The summed E-state index contributed by atoms with van der Waals surface area (Å²) in [5, 5.41) is 3.31. The average molecular weight is 294 g/mol. The molecule has 0 spiro atoms. The van der Waals surface area contributed by atoms with Crippen LogP contribution in [0.25, 0.3) is 0 Å². The second-order valence-electron chi connectivity index (χ2n) is 4.54. The zero-order chi connectivity index (χ0) is 12.0. The second kappa shape index (κ2) is 6.57. The zero-order valence-electron chi connectivity index (χ0n) is 9.92. The lowest BCUT2D eigenvalue weighted by Gasteiger charge is -2.33. The number of nitrogens with one attached hydrogen (secondary N) is 1. The van der Waals surface area contributed by atoms with Crippen molar-refractivity contribution in [3.8, 4) is 0 Å². The van der Waals surface area contributed by atoms with E-state index in [1.165, 1.54) is 7.11 Å². The molecule has 1 fully saturated rings. The molecule has 1 N–H and O–H groups in total. The van der Waals surface area contributed by atoms with Gasteiger partial charge in [-0.05, 0) is 18.3 Å². The number of carbonyl (C=O) groups is 1. The van der Waals surface area contributed by atoms with Crippen molar-refractivity contribution in [1.29, 1.82) is 0 Å². The Labute approximate surface area is 105 Å². The van der Waals surface area contributed by atoms with E-state index in [0.717, 1.165) is 32.6 Å². The van der Waals surface area contributed by atoms with Gasteiger partial charge < -0.3 is 14.8 Å². The van der Waals surface area contributed by atoms with Crippen molar-refractivity contribution >= 4 is 21.9 Å². The lowest BCUT2D eigenvalue weighted by atomic mass is 9.82. The molecule has 94 valence electrons. The number of rotatable bonds is 5. The highest BCUT2D eigenvalue weighted by Gasteiger charge is 2.27. The van der Waals surface area contributed by atoms with Gasteiger partial charge in [-0.2, -0.15) is 0 Å². The van der Waals surface area contributed by atoms with E-state index in [2.05, 4.69) is 32.9 Å². The van der Waals surface area contributed by atoms with E-state index in [1.807, 2.05) is 0 Å². The van der Waals surface area contributed by atoms with Crippen LogP contribution in [0.2, 0.25) is 0 Å². The van der Waals surface area contributed by atoms with E-state index in [-0.39, 0.29) is 10.8 Å². The van der Waals surface area contributed by atoms with Crippen LogP contribution in [-0.4, -0.2) is 44.2 Å². The lowest BCUT2D eigenvalue weighted by Crippen LogP contribution is -2.40. The minimum atomic E-state index is -0.263. The Morgan fingerprint density at radius 3 is 2.75 bits per heavy atom. The first-order valence-electron chi connectivity index (χ1n) is 5.58. The predicted molar refractivity (Wildman–Crippen MR) is 65.8 cm³/mol. The molecule has 1 aliphatic heterocycles. The highest BCUT2D eigenvalue weighted by Crippen LogP contribution is 2.28. The molecule has 0 aromatic rings. The van der Waals surface area contributed by atoms with Gasteiger partial charge in [0.25, 0.3) is 0 Å². The van der Waals surface area contributed by atoms with Crippen molar-refractivity contribution in [3.63, 3.8) is 0 Å². The minimum absolute atomic E-state index is 0.232. The van der Waals surface area contributed by atoms with Gasteiger partial charge in [0.05, 0.1) is 7.11 Å². The molecule has 1 heterocycles. The monoisotopic (exact) mass is 293 g/mol. The van der Waals surface area contributed by atoms with E-state index in [1.54, 1.807) is 0 Å². The Balaban J connectivity index is 2.21. The summed E-state index contributed by atoms with van der Waals surface area (Å²) in [6.45, 7) is 5.45. The maximum atomic E-state index is 11.1. The highest BCUT2D eigenvalue weighted by molar-refractivity contribution is 9.10. The van der Waals surface area contributed by atoms with Crippen molar-refractivity contribution in [3.05, 3.63) is 0 Å². The largest absolute Gasteiger partial charge is 0.468 e. The fraction of sp³-hybridized carbons (Fsp3) is 0.909. The molecular weight excluding hydrogens is 274 g/mol. The number of esters is 1. The van der Waals surface area contributed by atoms with Crippen LogP contribution in [0.1, 0.15) is 19.8 Å². The molecular formula is C11H20BrNO3. The first-order valence-corrected chi connectivity index (χ1v) is 6.49. The molecule has 0 aliphatic carbocycles. The molecule has 16 heavy (non-hydrogen) atoms. The fourth-order valence-corrected chi connectivity index (χ4v) is 2.17. The first kappa shape index (κ1) is 13.9. The number of halogens is 1. The lowest BCUT2D eigenvalue weighted by molar-refractivity contribution is -0.139. The van der Waals surface area contributed by atoms with Gasteiger partial charge in [-0.1, -0.05) is 22.9 Å². The maximum Gasteiger partial charge on any atom is 0.320 e. The van der Waals surface area contributed by atoms with Crippen LogP contribution >= 0.6 is 15.9 Å². The number of alkyl halides is 1. The van der Waals surface area contributed by atoms with Crippen LogP contribution in [0, 0.1) is 5.41 Å². The average Bonchev–Trinajstić information content (AvgIpc) is 2.28. The molecule has 1 saturated heterocycles. The summed E-state index contributed by atoms with van der Waals surface area (Å²) < 4.78 is 9.97. The SMILES string of the molecule is COC(=O)C(Br)CNCC1(C)CCOCC1. The molecule has 1 rings (SSSR count). The molecule has 0 amide bonds. The normalized spacial score (nSPS) is 21.4. The van der Waals surface area contributed by atoms with E-state index < -0.39 is 0 Å². The standard InChI is InChI=1S/C11H20BrNO3/c1-11(3-5-16-6-4-11)8-13-7-9(12)10(14)15-2/h9,13H,3-8H2,1-2H3. The van der Waals surface area contributed by atoms with Crippen molar-refractivity contribution < 1.29 is 14.3 Å². The molecule has 1 unspecified atom stereocenters. The number of ether oxygens (including phenoxy) is 2.